The number of carbonyl (C=O) groups excluding carboxylic acids is 2. The topological polar surface area (TPSA) is 59.5 Å². The van der Waals surface area contributed by atoms with E-state index < -0.39 is 6.10 Å². The molecule has 4 rings (SSSR count). The van der Waals surface area contributed by atoms with Gasteiger partial charge in [0.15, 0.2) is 11.9 Å². The number of ether oxygens (including phenoxy) is 1. The van der Waals surface area contributed by atoms with Crippen molar-refractivity contribution in [2.45, 2.75) is 38.7 Å². The molecule has 0 bridgehead atoms. The molecule has 2 aromatic carbocycles. The van der Waals surface area contributed by atoms with E-state index in [1.807, 2.05) is 17.0 Å². The molecule has 3 aromatic rings. The maximum atomic E-state index is 12.8. The summed E-state index contributed by atoms with van der Waals surface area (Å²) in [6.07, 6.45) is 1.29. The Morgan fingerprint density at radius 2 is 1.79 bits per heavy atom. The summed E-state index contributed by atoms with van der Waals surface area (Å²) in [4.78, 5) is 30.8. The molecule has 1 aliphatic rings. The second-order valence-corrected chi connectivity index (χ2v) is 8.52. The third-order valence-corrected chi connectivity index (χ3v) is 6.59. The van der Waals surface area contributed by atoms with E-state index in [1.54, 1.807) is 42.5 Å². The van der Waals surface area contributed by atoms with E-state index in [9.17, 15) is 9.59 Å². The maximum Gasteiger partial charge on any atom is 0.263 e. The molecule has 0 N–H and O–H groups in total. The second kappa shape index (κ2) is 8.33. The molecule has 0 spiro atoms. The van der Waals surface area contributed by atoms with Crippen LogP contribution < -0.4 is 4.74 Å². The van der Waals surface area contributed by atoms with E-state index in [4.69, 9.17) is 9.72 Å². The molecule has 5 nitrogen and oxygen atoms in total. The van der Waals surface area contributed by atoms with E-state index in [1.165, 1.54) is 16.6 Å². The molecule has 1 aliphatic heterocycles. The van der Waals surface area contributed by atoms with Gasteiger partial charge in [-0.05, 0) is 63.1 Å². The quantitative estimate of drug-likeness (QED) is 0.576. The maximum absolute atomic E-state index is 12.8. The van der Waals surface area contributed by atoms with Crippen LogP contribution in [0.15, 0.2) is 48.5 Å². The Bertz CT molecular complexity index is 987. The van der Waals surface area contributed by atoms with Gasteiger partial charge in [0, 0.05) is 24.6 Å². The first-order valence-electron chi connectivity index (χ1n) is 9.93. The lowest BCUT2D eigenvalue weighted by molar-refractivity contribution is -0.139. The lowest BCUT2D eigenvalue weighted by atomic mass is 9.97. The third kappa shape index (κ3) is 4.32. The van der Waals surface area contributed by atoms with Crippen LogP contribution in [-0.2, 0) is 4.79 Å². The standard InChI is InChI=1S/C23H24N2O3S/c1-15(26)17-7-9-19(10-8-17)28-16(2)23(27)25-13-11-18(12-14-25)22-24-20-5-3-4-6-21(20)29-22/h3-10,16,18H,11-14H2,1-2H3/t16-/m0/s1. The van der Waals surface area contributed by atoms with Crippen molar-refractivity contribution in [3.05, 3.63) is 59.1 Å². The number of hydrogen-bond donors (Lipinski definition) is 0. The van der Waals surface area contributed by atoms with E-state index in [0.717, 1.165) is 31.4 Å². The predicted octanol–water partition coefficient (Wildman–Crippen LogP) is 4.67. The monoisotopic (exact) mass is 408 g/mol. The summed E-state index contributed by atoms with van der Waals surface area (Å²) in [5.74, 6) is 1.02. The molecule has 1 fully saturated rings. The van der Waals surface area contributed by atoms with Crippen LogP contribution in [0.25, 0.3) is 10.2 Å². The molecular formula is C23H24N2O3S. The van der Waals surface area contributed by atoms with Crippen molar-refractivity contribution < 1.29 is 14.3 Å². The third-order valence-electron chi connectivity index (χ3n) is 5.39. The smallest absolute Gasteiger partial charge is 0.263 e. The van der Waals surface area contributed by atoms with Crippen LogP contribution >= 0.6 is 11.3 Å². The molecule has 1 amide bonds. The van der Waals surface area contributed by atoms with Gasteiger partial charge in [-0.1, -0.05) is 12.1 Å². The van der Waals surface area contributed by atoms with Crippen LogP contribution in [0.4, 0.5) is 0 Å². The molecule has 0 aliphatic carbocycles. The Morgan fingerprint density at radius 1 is 1.10 bits per heavy atom. The van der Waals surface area contributed by atoms with Gasteiger partial charge in [0.2, 0.25) is 0 Å². The molecular weight excluding hydrogens is 384 g/mol. The number of para-hydroxylation sites is 1. The number of rotatable bonds is 5. The molecule has 0 unspecified atom stereocenters. The summed E-state index contributed by atoms with van der Waals surface area (Å²) < 4.78 is 7.02. The number of hydrogen-bond acceptors (Lipinski definition) is 5. The zero-order valence-corrected chi connectivity index (χ0v) is 17.4. The number of likely N-dealkylation sites (tertiary alicyclic amines) is 1. The zero-order valence-electron chi connectivity index (χ0n) is 16.6. The zero-order chi connectivity index (χ0) is 20.4. The molecule has 0 saturated carbocycles. The fourth-order valence-corrected chi connectivity index (χ4v) is 4.83. The number of nitrogens with zero attached hydrogens (tertiary/aromatic N) is 2. The summed E-state index contributed by atoms with van der Waals surface area (Å²) in [6.45, 7) is 4.74. The van der Waals surface area contributed by atoms with Crippen molar-refractivity contribution in [2.24, 2.45) is 0 Å². The van der Waals surface area contributed by atoms with Gasteiger partial charge in [0.25, 0.3) is 5.91 Å². The fraction of sp³-hybridized carbons (Fsp3) is 0.348. The van der Waals surface area contributed by atoms with Crippen LogP contribution in [0.1, 0.15) is 48.0 Å². The van der Waals surface area contributed by atoms with E-state index in [0.29, 0.717) is 17.2 Å². The number of ketones is 1. The molecule has 150 valence electrons. The lowest BCUT2D eigenvalue weighted by Gasteiger charge is -2.32. The van der Waals surface area contributed by atoms with Crippen LogP contribution in [-0.4, -0.2) is 40.8 Å². The molecule has 0 radical (unpaired) electrons. The molecule has 6 heteroatoms. The first-order valence-corrected chi connectivity index (χ1v) is 10.7. The molecule has 1 aromatic heterocycles. The van der Waals surface area contributed by atoms with Crippen LogP contribution in [0.5, 0.6) is 5.75 Å². The highest BCUT2D eigenvalue weighted by Crippen LogP contribution is 2.34. The minimum Gasteiger partial charge on any atom is -0.481 e. The van der Waals surface area contributed by atoms with Crippen LogP contribution in [0.2, 0.25) is 0 Å². The molecule has 29 heavy (non-hydrogen) atoms. The van der Waals surface area contributed by atoms with Gasteiger partial charge < -0.3 is 9.64 Å². The Kier molecular flexibility index (Phi) is 5.62. The lowest BCUT2D eigenvalue weighted by Crippen LogP contribution is -2.44. The van der Waals surface area contributed by atoms with Gasteiger partial charge in [-0.15, -0.1) is 11.3 Å². The molecule has 1 atom stereocenters. The van der Waals surface area contributed by atoms with Crippen molar-refractivity contribution in [3.63, 3.8) is 0 Å². The Balaban J connectivity index is 1.33. The van der Waals surface area contributed by atoms with Gasteiger partial charge in [0.1, 0.15) is 5.75 Å². The van der Waals surface area contributed by atoms with Crippen molar-refractivity contribution in [1.29, 1.82) is 0 Å². The second-order valence-electron chi connectivity index (χ2n) is 7.46. The van der Waals surface area contributed by atoms with E-state index in [2.05, 4.69) is 12.1 Å². The number of aromatic nitrogens is 1. The number of amides is 1. The minimum atomic E-state index is -0.558. The Hall–Kier alpha value is -2.73. The number of piperidine rings is 1. The highest BCUT2D eigenvalue weighted by atomic mass is 32.1. The Morgan fingerprint density at radius 3 is 2.45 bits per heavy atom. The van der Waals surface area contributed by atoms with Crippen molar-refractivity contribution in [3.8, 4) is 5.75 Å². The van der Waals surface area contributed by atoms with Gasteiger partial charge >= 0.3 is 0 Å². The van der Waals surface area contributed by atoms with Crippen LogP contribution in [0, 0.1) is 0 Å². The average molecular weight is 409 g/mol. The van der Waals surface area contributed by atoms with E-state index >= 15 is 0 Å². The van der Waals surface area contributed by atoms with E-state index in [-0.39, 0.29) is 11.7 Å². The predicted molar refractivity (Wildman–Crippen MR) is 115 cm³/mol. The number of thiazole rings is 1. The minimum absolute atomic E-state index is 0.00314. The SMILES string of the molecule is CC(=O)c1ccc(O[C@@H](C)C(=O)N2CCC(c3nc4ccccc4s3)CC2)cc1. The average Bonchev–Trinajstić information content (AvgIpc) is 3.18. The highest BCUT2D eigenvalue weighted by Gasteiger charge is 2.29. The first-order chi connectivity index (χ1) is 14.0. The number of Topliss-reactive ketones (excluding diaryl/α,β-unsaturated/α-hetero) is 1. The largest absolute Gasteiger partial charge is 0.481 e. The number of carbonyl (C=O) groups is 2. The number of fused-ring (bicyclic) bond motifs is 1. The number of benzene rings is 2. The highest BCUT2D eigenvalue weighted by molar-refractivity contribution is 7.18. The van der Waals surface area contributed by atoms with Gasteiger partial charge in [-0.25, -0.2) is 4.98 Å². The van der Waals surface area contributed by atoms with Crippen molar-refractivity contribution in [1.82, 2.24) is 9.88 Å². The Labute approximate surface area is 174 Å². The van der Waals surface area contributed by atoms with Crippen molar-refractivity contribution in [2.75, 3.05) is 13.1 Å². The molecule has 2 heterocycles. The van der Waals surface area contributed by atoms with Gasteiger partial charge in [-0.3, -0.25) is 9.59 Å². The van der Waals surface area contributed by atoms with Crippen LogP contribution in [0.3, 0.4) is 0 Å². The van der Waals surface area contributed by atoms with Crippen molar-refractivity contribution >= 4 is 33.2 Å². The summed E-state index contributed by atoms with van der Waals surface area (Å²) in [5.41, 5.74) is 1.69. The summed E-state index contributed by atoms with van der Waals surface area (Å²) >= 11 is 1.76. The fourth-order valence-electron chi connectivity index (χ4n) is 3.69. The summed E-state index contributed by atoms with van der Waals surface area (Å²) in [6, 6.07) is 15.1. The summed E-state index contributed by atoms with van der Waals surface area (Å²) in [5, 5.41) is 1.17. The first kappa shape index (κ1) is 19.6. The normalized spacial score (nSPS) is 16.0. The molecule has 1 saturated heterocycles. The van der Waals surface area contributed by atoms with Gasteiger partial charge in [-0.2, -0.15) is 0 Å². The van der Waals surface area contributed by atoms with Gasteiger partial charge in [0.05, 0.1) is 15.2 Å². The summed E-state index contributed by atoms with van der Waals surface area (Å²) in [7, 11) is 0.